The van der Waals surface area contributed by atoms with Crippen LogP contribution in [-0.4, -0.2) is 25.1 Å². The Morgan fingerprint density at radius 2 is 1.88 bits per heavy atom. The highest BCUT2D eigenvalue weighted by molar-refractivity contribution is 6.31. The normalized spacial score (nSPS) is 11.1. The first kappa shape index (κ1) is 16.4. The van der Waals surface area contributed by atoms with E-state index >= 15 is 0 Å². The second kappa shape index (κ2) is 6.34. The molecule has 0 N–H and O–H groups in total. The first-order chi connectivity index (χ1) is 12.6. The molecule has 26 heavy (non-hydrogen) atoms. The summed E-state index contributed by atoms with van der Waals surface area (Å²) in [5, 5.41) is 12.8. The Hall–Kier alpha value is -3.06. The molecule has 6 nitrogen and oxygen atoms in total. The van der Waals surface area contributed by atoms with Crippen LogP contribution in [0.2, 0.25) is 5.02 Å². The number of halogens is 2. The largest absolute Gasteiger partial charge is 0.332 e. The fraction of sp³-hybridized carbons (Fsp3) is 0.111. The number of aromatic nitrogens is 5. The summed E-state index contributed by atoms with van der Waals surface area (Å²) in [6, 6.07) is 11.8. The van der Waals surface area contributed by atoms with Crippen LogP contribution in [0.5, 0.6) is 0 Å². The zero-order chi connectivity index (χ0) is 18.3. The van der Waals surface area contributed by atoms with Crippen molar-refractivity contribution >= 4 is 11.6 Å². The molecule has 0 saturated heterocycles. The van der Waals surface area contributed by atoms with E-state index in [-0.39, 0.29) is 17.3 Å². The van der Waals surface area contributed by atoms with Crippen LogP contribution in [0.1, 0.15) is 11.3 Å². The van der Waals surface area contributed by atoms with Gasteiger partial charge in [-0.3, -0.25) is 0 Å². The molecule has 130 valence electrons. The summed E-state index contributed by atoms with van der Waals surface area (Å²) in [5.41, 5.74) is 3.09. The average Bonchev–Trinajstić information content (AvgIpc) is 3.25. The lowest BCUT2D eigenvalue weighted by atomic mass is 10.2. The molecule has 0 aliphatic rings. The number of rotatable bonds is 3. The first-order valence-corrected chi connectivity index (χ1v) is 8.21. The van der Waals surface area contributed by atoms with E-state index in [1.807, 2.05) is 32.0 Å². The minimum Gasteiger partial charge on any atom is -0.332 e. The molecule has 4 rings (SSSR count). The Labute approximate surface area is 153 Å². The van der Waals surface area contributed by atoms with E-state index in [4.69, 9.17) is 16.1 Å². The maximum Gasteiger partial charge on any atom is 0.280 e. The van der Waals surface area contributed by atoms with Gasteiger partial charge in [-0.05, 0) is 43.7 Å². The second-order valence-electron chi connectivity index (χ2n) is 5.72. The Balaban J connectivity index is 1.76. The molecule has 0 aliphatic carbocycles. The van der Waals surface area contributed by atoms with Gasteiger partial charge < -0.3 is 4.52 Å². The molecule has 0 saturated carbocycles. The second-order valence-corrected chi connectivity index (χ2v) is 6.13. The van der Waals surface area contributed by atoms with E-state index in [2.05, 4.69) is 20.5 Å². The first-order valence-electron chi connectivity index (χ1n) is 7.83. The minimum atomic E-state index is -0.422. The molecule has 0 unspecified atom stereocenters. The lowest BCUT2D eigenvalue weighted by Crippen LogP contribution is -2.01. The van der Waals surface area contributed by atoms with E-state index in [1.54, 1.807) is 22.9 Å². The third-order valence-electron chi connectivity index (χ3n) is 4.11. The quantitative estimate of drug-likeness (QED) is 0.535. The average molecular weight is 370 g/mol. The zero-order valence-electron chi connectivity index (χ0n) is 13.9. The SMILES string of the molecule is Cc1c(Cl)cccc1-n1nnc(-c2nc(-c3ccccc3F)no2)c1C. The summed E-state index contributed by atoms with van der Waals surface area (Å²) in [5.74, 6) is -0.0903. The molecule has 0 fully saturated rings. The molecular weight excluding hydrogens is 357 g/mol. The Morgan fingerprint density at radius 3 is 2.69 bits per heavy atom. The van der Waals surface area contributed by atoms with E-state index in [1.165, 1.54) is 6.07 Å². The lowest BCUT2D eigenvalue weighted by molar-refractivity contribution is 0.430. The predicted octanol–water partition coefficient (Wildman–Crippen LogP) is 4.39. The van der Waals surface area contributed by atoms with Crippen LogP contribution in [0.3, 0.4) is 0 Å². The van der Waals surface area contributed by atoms with Crippen LogP contribution < -0.4 is 0 Å². The van der Waals surface area contributed by atoms with Crippen LogP contribution in [0.25, 0.3) is 28.7 Å². The van der Waals surface area contributed by atoms with Crippen LogP contribution in [0.4, 0.5) is 4.39 Å². The molecule has 8 heteroatoms. The number of benzene rings is 2. The van der Waals surface area contributed by atoms with Crippen molar-refractivity contribution in [2.24, 2.45) is 0 Å². The lowest BCUT2D eigenvalue weighted by Gasteiger charge is -2.08. The number of nitrogens with zero attached hydrogens (tertiary/aromatic N) is 5. The molecule has 2 aromatic heterocycles. The van der Waals surface area contributed by atoms with Gasteiger partial charge >= 0.3 is 0 Å². The highest BCUT2D eigenvalue weighted by atomic mass is 35.5. The zero-order valence-corrected chi connectivity index (χ0v) is 14.7. The van der Waals surface area contributed by atoms with Gasteiger partial charge in [0.15, 0.2) is 5.69 Å². The summed E-state index contributed by atoms with van der Waals surface area (Å²) in [7, 11) is 0. The van der Waals surface area contributed by atoms with Crippen LogP contribution in [-0.2, 0) is 0 Å². The van der Waals surface area contributed by atoms with Crippen LogP contribution in [0.15, 0.2) is 47.0 Å². The van der Waals surface area contributed by atoms with Crippen molar-refractivity contribution < 1.29 is 8.91 Å². The molecule has 0 bridgehead atoms. The highest BCUT2D eigenvalue weighted by Crippen LogP contribution is 2.27. The molecule has 0 atom stereocenters. The van der Waals surface area contributed by atoms with Crippen molar-refractivity contribution in [3.63, 3.8) is 0 Å². The van der Waals surface area contributed by atoms with Crippen molar-refractivity contribution in [3.05, 3.63) is 64.6 Å². The molecule has 0 radical (unpaired) electrons. The van der Waals surface area contributed by atoms with Crippen molar-refractivity contribution in [2.45, 2.75) is 13.8 Å². The van der Waals surface area contributed by atoms with Gasteiger partial charge in [0.25, 0.3) is 5.89 Å². The van der Waals surface area contributed by atoms with Crippen molar-refractivity contribution in [3.8, 4) is 28.7 Å². The molecule has 2 aromatic carbocycles. The van der Waals surface area contributed by atoms with Crippen LogP contribution >= 0.6 is 11.6 Å². The predicted molar refractivity (Wildman–Crippen MR) is 94.5 cm³/mol. The van der Waals surface area contributed by atoms with Gasteiger partial charge in [-0.2, -0.15) is 4.98 Å². The van der Waals surface area contributed by atoms with Crippen LogP contribution in [0, 0.1) is 19.7 Å². The molecule has 4 aromatic rings. The number of hydrogen-bond acceptors (Lipinski definition) is 5. The smallest absolute Gasteiger partial charge is 0.280 e. The van der Waals surface area contributed by atoms with E-state index < -0.39 is 5.82 Å². The van der Waals surface area contributed by atoms with Crippen molar-refractivity contribution in [2.75, 3.05) is 0 Å². The summed E-state index contributed by atoms with van der Waals surface area (Å²) < 4.78 is 20.8. The standard InChI is InChI=1S/C18H13ClFN5O/c1-10-13(19)7-5-9-15(10)25-11(2)16(22-24-25)18-21-17(23-26-18)12-6-3-4-8-14(12)20/h3-9H,1-2H3. The third kappa shape index (κ3) is 2.66. The van der Waals surface area contributed by atoms with Crippen molar-refractivity contribution in [1.29, 1.82) is 0 Å². The van der Waals surface area contributed by atoms with E-state index in [0.717, 1.165) is 11.3 Å². The van der Waals surface area contributed by atoms with Gasteiger partial charge in [-0.25, -0.2) is 9.07 Å². The number of hydrogen-bond donors (Lipinski definition) is 0. The van der Waals surface area contributed by atoms with Gasteiger partial charge in [0.1, 0.15) is 5.82 Å². The summed E-state index contributed by atoms with van der Waals surface area (Å²) in [6.07, 6.45) is 0. The minimum absolute atomic E-state index is 0.158. The topological polar surface area (TPSA) is 69.6 Å². The maximum atomic E-state index is 13.9. The summed E-state index contributed by atoms with van der Waals surface area (Å²) in [4.78, 5) is 4.26. The molecule has 0 aliphatic heterocycles. The van der Waals surface area contributed by atoms with Gasteiger partial charge in [0.05, 0.1) is 16.9 Å². The Bertz CT molecular complexity index is 1100. The molecular formula is C18H13ClFN5O. The fourth-order valence-electron chi connectivity index (χ4n) is 2.65. The summed E-state index contributed by atoms with van der Waals surface area (Å²) >= 11 is 6.19. The highest BCUT2D eigenvalue weighted by Gasteiger charge is 2.20. The fourth-order valence-corrected chi connectivity index (χ4v) is 2.82. The van der Waals surface area contributed by atoms with E-state index in [9.17, 15) is 4.39 Å². The monoisotopic (exact) mass is 369 g/mol. The third-order valence-corrected chi connectivity index (χ3v) is 4.51. The van der Waals surface area contributed by atoms with Crippen molar-refractivity contribution in [1.82, 2.24) is 25.1 Å². The van der Waals surface area contributed by atoms with Gasteiger partial charge in [-0.1, -0.05) is 40.2 Å². The van der Waals surface area contributed by atoms with Gasteiger partial charge in [0, 0.05) is 5.02 Å². The van der Waals surface area contributed by atoms with E-state index in [0.29, 0.717) is 16.4 Å². The van der Waals surface area contributed by atoms with Gasteiger partial charge in [-0.15, -0.1) is 5.10 Å². The Kier molecular flexibility index (Phi) is 4.00. The maximum absolute atomic E-state index is 13.9. The Morgan fingerprint density at radius 1 is 1.08 bits per heavy atom. The molecule has 0 amide bonds. The molecule has 0 spiro atoms. The molecule has 2 heterocycles. The summed E-state index contributed by atoms with van der Waals surface area (Å²) in [6.45, 7) is 3.74. The van der Waals surface area contributed by atoms with Gasteiger partial charge in [0.2, 0.25) is 5.82 Å².